The van der Waals surface area contributed by atoms with E-state index in [1.807, 2.05) is 14.1 Å². The van der Waals surface area contributed by atoms with Crippen molar-refractivity contribution in [3.8, 4) is 0 Å². The fraction of sp³-hybridized carbons (Fsp3) is 0.500. The van der Waals surface area contributed by atoms with Gasteiger partial charge in [-0.05, 0) is 25.0 Å². The molecule has 1 amide bonds. The van der Waals surface area contributed by atoms with Gasteiger partial charge in [0.25, 0.3) is 5.91 Å². The fourth-order valence-electron chi connectivity index (χ4n) is 2.45. The van der Waals surface area contributed by atoms with Gasteiger partial charge in [0.1, 0.15) is 5.82 Å². The molecule has 6 heteroatoms. The molecule has 1 unspecified atom stereocenters. The highest BCUT2D eigenvalue weighted by molar-refractivity contribution is 5.99. The molecule has 1 aromatic rings. The van der Waals surface area contributed by atoms with Crippen LogP contribution in [0.15, 0.2) is 18.3 Å². The summed E-state index contributed by atoms with van der Waals surface area (Å²) in [5.41, 5.74) is 0.517. The zero-order valence-electron chi connectivity index (χ0n) is 11.7. The molecule has 1 N–H and O–H groups in total. The van der Waals surface area contributed by atoms with Gasteiger partial charge < -0.3 is 14.9 Å². The molecule has 0 aromatic carbocycles. The summed E-state index contributed by atoms with van der Waals surface area (Å²) < 4.78 is 0. The number of nitrogens with zero attached hydrogens (tertiary/aromatic N) is 3. The average molecular weight is 277 g/mol. The SMILES string of the molecule is CN(C)c1ncccc1C(=O)N1CCCC(C(=O)O)C1. The standard InChI is InChI=1S/C14H19N3O3/c1-16(2)12-11(6-3-7-15-12)13(18)17-8-4-5-10(9-17)14(19)20/h3,6-7,10H,4-5,8-9H2,1-2H3,(H,19,20). The first-order valence-electron chi connectivity index (χ1n) is 6.65. The topological polar surface area (TPSA) is 73.7 Å². The van der Waals surface area contributed by atoms with E-state index in [0.29, 0.717) is 24.3 Å². The largest absolute Gasteiger partial charge is 0.481 e. The van der Waals surface area contributed by atoms with Crippen molar-refractivity contribution >= 4 is 17.7 Å². The predicted molar refractivity (Wildman–Crippen MR) is 74.8 cm³/mol. The molecule has 1 saturated heterocycles. The summed E-state index contributed by atoms with van der Waals surface area (Å²) in [5, 5.41) is 9.09. The van der Waals surface area contributed by atoms with Gasteiger partial charge in [-0.15, -0.1) is 0 Å². The molecule has 20 heavy (non-hydrogen) atoms. The number of anilines is 1. The van der Waals surface area contributed by atoms with Crippen molar-refractivity contribution in [3.63, 3.8) is 0 Å². The van der Waals surface area contributed by atoms with E-state index in [2.05, 4.69) is 4.98 Å². The monoisotopic (exact) mass is 277 g/mol. The first-order chi connectivity index (χ1) is 9.50. The number of hydrogen-bond donors (Lipinski definition) is 1. The van der Waals surface area contributed by atoms with Crippen LogP contribution in [0, 0.1) is 5.92 Å². The van der Waals surface area contributed by atoms with E-state index in [-0.39, 0.29) is 12.5 Å². The van der Waals surface area contributed by atoms with Gasteiger partial charge in [-0.25, -0.2) is 4.98 Å². The Bertz CT molecular complexity index is 516. The second-order valence-corrected chi connectivity index (χ2v) is 5.20. The van der Waals surface area contributed by atoms with E-state index in [9.17, 15) is 9.59 Å². The van der Waals surface area contributed by atoms with Crippen molar-refractivity contribution in [3.05, 3.63) is 23.9 Å². The van der Waals surface area contributed by atoms with Crippen molar-refractivity contribution in [2.45, 2.75) is 12.8 Å². The van der Waals surface area contributed by atoms with Crippen LogP contribution in [0.4, 0.5) is 5.82 Å². The molecule has 2 rings (SSSR count). The van der Waals surface area contributed by atoms with E-state index in [0.717, 1.165) is 6.42 Å². The Balaban J connectivity index is 2.21. The molecule has 0 spiro atoms. The Labute approximate surface area is 118 Å². The van der Waals surface area contributed by atoms with Crippen LogP contribution >= 0.6 is 0 Å². The van der Waals surface area contributed by atoms with Crippen molar-refractivity contribution < 1.29 is 14.7 Å². The van der Waals surface area contributed by atoms with Crippen LogP contribution in [0.3, 0.4) is 0 Å². The summed E-state index contributed by atoms with van der Waals surface area (Å²) in [6.07, 6.45) is 3.00. The Morgan fingerprint density at radius 1 is 1.45 bits per heavy atom. The van der Waals surface area contributed by atoms with Gasteiger partial charge in [-0.1, -0.05) is 0 Å². The maximum Gasteiger partial charge on any atom is 0.308 e. The molecule has 1 aliphatic heterocycles. The number of carbonyl (C=O) groups excluding carboxylic acids is 1. The molecule has 0 aliphatic carbocycles. The van der Waals surface area contributed by atoms with E-state index >= 15 is 0 Å². The molecule has 6 nitrogen and oxygen atoms in total. The Kier molecular flexibility index (Phi) is 4.22. The molecule has 0 radical (unpaired) electrons. The Morgan fingerprint density at radius 3 is 2.85 bits per heavy atom. The molecule has 0 bridgehead atoms. The Morgan fingerprint density at radius 2 is 2.20 bits per heavy atom. The fourth-order valence-corrected chi connectivity index (χ4v) is 2.45. The van der Waals surface area contributed by atoms with Crippen molar-refractivity contribution in [1.82, 2.24) is 9.88 Å². The first-order valence-corrected chi connectivity index (χ1v) is 6.65. The molecule has 2 heterocycles. The third kappa shape index (κ3) is 2.89. The van der Waals surface area contributed by atoms with E-state index in [1.54, 1.807) is 28.1 Å². The number of carbonyl (C=O) groups is 2. The first kappa shape index (κ1) is 14.3. The summed E-state index contributed by atoms with van der Waals surface area (Å²) in [6.45, 7) is 0.875. The highest BCUT2D eigenvalue weighted by Gasteiger charge is 2.29. The molecule has 1 aromatic heterocycles. The average Bonchev–Trinajstić information content (AvgIpc) is 2.46. The molecule has 1 atom stereocenters. The van der Waals surface area contributed by atoms with Gasteiger partial charge in [0.2, 0.25) is 0 Å². The Hall–Kier alpha value is -2.11. The minimum absolute atomic E-state index is 0.146. The number of carboxylic acids is 1. The third-order valence-electron chi connectivity index (χ3n) is 3.50. The highest BCUT2D eigenvalue weighted by atomic mass is 16.4. The number of pyridine rings is 1. The minimum Gasteiger partial charge on any atom is -0.481 e. The van der Waals surface area contributed by atoms with Crippen molar-refractivity contribution in [1.29, 1.82) is 0 Å². The van der Waals surface area contributed by atoms with Gasteiger partial charge in [0, 0.05) is 33.4 Å². The van der Waals surface area contributed by atoms with Gasteiger partial charge >= 0.3 is 5.97 Å². The molecule has 1 fully saturated rings. The van der Waals surface area contributed by atoms with Gasteiger partial charge in [-0.3, -0.25) is 9.59 Å². The maximum atomic E-state index is 12.6. The number of amides is 1. The van der Waals surface area contributed by atoms with Crippen molar-refractivity contribution in [2.24, 2.45) is 5.92 Å². The zero-order valence-corrected chi connectivity index (χ0v) is 11.7. The molecular weight excluding hydrogens is 258 g/mol. The number of piperidine rings is 1. The normalized spacial score (nSPS) is 18.7. The van der Waals surface area contributed by atoms with E-state index in [1.165, 1.54) is 0 Å². The second-order valence-electron chi connectivity index (χ2n) is 5.20. The molecular formula is C14H19N3O3. The quantitative estimate of drug-likeness (QED) is 0.895. The third-order valence-corrected chi connectivity index (χ3v) is 3.50. The number of carboxylic acid groups (broad SMARTS) is 1. The lowest BCUT2D eigenvalue weighted by Gasteiger charge is -2.31. The number of hydrogen-bond acceptors (Lipinski definition) is 4. The van der Waals surface area contributed by atoms with Crippen LogP contribution in [0.1, 0.15) is 23.2 Å². The van der Waals surface area contributed by atoms with Crippen molar-refractivity contribution in [2.75, 3.05) is 32.1 Å². The van der Waals surface area contributed by atoms with Crippen LogP contribution < -0.4 is 4.90 Å². The number of likely N-dealkylation sites (tertiary alicyclic amines) is 1. The lowest BCUT2D eigenvalue weighted by molar-refractivity contribution is -0.143. The molecule has 108 valence electrons. The number of aromatic nitrogens is 1. The summed E-state index contributed by atoms with van der Waals surface area (Å²) in [7, 11) is 3.66. The summed E-state index contributed by atoms with van der Waals surface area (Å²) >= 11 is 0. The van der Waals surface area contributed by atoms with Crippen LogP contribution in [0.5, 0.6) is 0 Å². The predicted octanol–water partition coefficient (Wildman–Crippen LogP) is 1.08. The number of aliphatic carboxylic acids is 1. The van der Waals surface area contributed by atoms with Crippen LogP contribution in [-0.2, 0) is 4.79 Å². The molecule has 1 aliphatic rings. The second kappa shape index (κ2) is 5.90. The lowest BCUT2D eigenvalue weighted by atomic mass is 9.97. The lowest BCUT2D eigenvalue weighted by Crippen LogP contribution is -2.42. The maximum absolute atomic E-state index is 12.6. The van der Waals surface area contributed by atoms with Crippen LogP contribution in [0.2, 0.25) is 0 Å². The molecule has 0 saturated carbocycles. The van der Waals surface area contributed by atoms with Crippen LogP contribution in [-0.4, -0.2) is 54.1 Å². The minimum atomic E-state index is -0.832. The van der Waals surface area contributed by atoms with Gasteiger partial charge in [0.05, 0.1) is 11.5 Å². The zero-order chi connectivity index (χ0) is 14.7. The highest BCUT2D eigenvalue weighted by Crippen LogP contribution is 2.22. The number of rotatable bonds is 3. The van der Waals surface area contributed by atoms with Crippen LogP contribution in [0.25, 0.3) is 0 Å². The summed E-state index contributed by atoms with van der Waals surface area (Å²) in [5.74, 6) is -0.837. The summed E-state index contributed by atoms with van der Waals surface area (Å²) in [4.78, 5) is 31.2. The van der Waals surface area contributed by atoms with Gasteiger partial charge in [0.15, 0.2) is 0 Å². The van der Waals surface area contributed by atoms with E-state index in [4.69, 9.17) is 5.11 Å². The smallest absolute Gasteiger partial charge is 0.308 e. The van der Waals surface area contributed by atoms with Gasteiger partial charge in [-0.2, -0.15) is 0 Å². The van der Waals surface area contributed by atoms with E-state index < -0.39 is 11.9 Å². The summed E-state index contributed by atoms with van der Waals surface area (Å²) in [6, 6.07) is 3.45.